The number of amides is 2. The van der Waals surface area contributed by atoms with Gasteiger partial charge in [0.2, 0.25) is 0 Å². The molecule has 3 N–H and O–H groups in total. The highest BCUT2D eigenvalue weighted by Crippen LogP contribution is 2.14. The summed E-state index contributed by atoms with van der Waals surface area (Å²) in [6, 6.07) is 23.3. The van der Waals surface area contributed by atoms with Crippen LogP contribution in [0.5, 0.6) is 11.5 Å². The van der Waals surface area contributed by atoms with Crippen LogP contribution in [-0.4, -0.2) is 30.1 Å². The Hall–Kier alpha value is -3.91. The quantitative estimate of drug-likeness (QED) is 0.291. The van der Waals surface area contributed by atoms with Crippen molar-refractivity contribution in [2.45, 2.75) is 6.92 Å². The standard InChI is InChI=1S/C24H23N3O4S/c1-17-8-5-6-13-21(17)23(29)26-27-24(32)25-22(28)18-9-7-12-20(16-18)31-15-14-30-19-10-3-2-4-11-19/h2-13,16H,14-15H2,1H3,(H,26,29)(H2,25,27,28,32). The van der Waals surface area contributed by atoms with Gasteiger partial charge in [0, 0.05) is 11.1 Å². The number of carbonyl (C=O) groups is 2. The molecule has 3 rings (SSSR count). The summed E-state index contributed by atoms with van der Waals surface area (Å²) < 4.78 is 11.2. The highest BCUT2D eigenvalue weighted by atomic mass is 32.1. The molecule has 3 aromatic carbocycles. The van der Waals surface area contributed by atoms with Crippen LogP contribution in [0.15, 0.2) is 78.9 Å². The first-order valence-electron chi connectivity index (χ1n) is 9.91. The zero-order valence-corrected chi connectivity index (χ0v) is 18.3. The second kappa shape index (κ2) is 11.5. The minimum atomic E-state index is -0.432. The molecule has 0 aliphatic carbocycles. The van der Waals surface area contributed by atoms with Crippen LogP contribution >= 0.6 is 12.2 Å². The molecule has 164 valence electrons. The second-order valence-corrected chi connectivity index (χ2v) is 7.12. The molecular weight excluding hydrogens is 426 g/mol. The first kappa shape index (κ1) is 22.8. The minimum absolute atomic E-state index is 0.0282. The van der Waals surface area contributed by atoms with E-state index in [1.807, 2.05) is 49.4 Å². The zero-order valence-electron chi connectivity index (χ0n) is 17.5. The van der Waals surface area contributed by atoms with E-state index in [0.717, 1.165) is 11.3 Å². The lowest BCUT2D eigenvalue weighted by molar-refractivity contribution is 0.0934. The van der Waals surface area contributed by atoms with Crippen molar-refractivity contribution in [1.82, 2.24) is 16.2 Å². The van der Waals surface area contributed by atoms with Crippen LogP contribution < -0.4 is 25.6 Å². The van der Waals surface area contributed by atoms with Gasteiger partial charge in [-0.05, 0) is 61.1 Å². The molecule has 8 heteroatoms. The van der Waals surface area contributed by atoms with Gasteiger partial charge in [-0.25, -0.2) is 0 Å². The van der Waals surface area contributed by atoms with Crippen molar-refractivity contribution in [3.8, 4) is 11.5 Å². The third-order valence-corrected chi connectivity index (χ3v) is 4.57. The summed E-state index contributed by atoms with van der Waals surface area (Å²) in [4.78, 5) is 24.7. The van der Waals surface area contributed by atoms with Gasteiger partial charge >= 0.3 is 0 Å². The topological polar surface area (TPSA) is 88.7 Å². The zero-order chi connectivity index (χ0) is 22.8. The molecule has 0 heterocycles. The summed E-state index contributed by atoms with van der Waals surface area (Å²) in [5.41, 5.74) is 6.70. The van der Waals surface area contributed by atoms with Gasteiger partial charge in [-0.3, -0.25) is 25.8 Å². The fourth-order valence-electron chi connectivity index (χ4n) is 2.78. The smallest absolute Gasteiger partial charge is 0.269 e. The third-order valence-electron chi connectivity index (χ3n) is 4.37. The Labute approximate surface area is 191 Å². The number of para-hydroxylation sites is 1. The van der Waals surface area contributed by atoms with Crippen molar-refractivity contribution in [1.29, 1.82) is 0 Å². The van der Waals surface area contributed by atoms with Crippen molar-refractivity contribution in [3.05, 3.63) is 95.6 Å². The van der Waals surface area contributed by atoms with Crippen molar-refractivity contribution in [2.75, 3.05) is 13.2 Å². The minimum Gasteiger partial charge on any atom is -0.490 e. The molecule has 0 aliphatic heterocycles. The molecule has 0 radical (unpaired) electrons. The molecule has 0 saturated heterocycles. The molecule has 3 aromatic rings. The van der Waals surface area contributed by atoms with Crippen LogP contribution in [-0.2, 0) is 0 Å². The number of rotatable bonds is 7. The fourth-order valence-corrected chi connectivity index (χ4v) is 2.92. The molecule has 2 amide bonds. The van der Waals surface area contributed by atoms with Crippen LogP contribution in [0, 0.1) is 6.92 Å². The van der Waals surface area contributed by atoms with Gasteiger partial charge in [0.15, 0.2) is 5.11 Å². The Morgan fingerprint density at radius 3 is 2.19 bits per heavy atom. The Kier molecular flexibility index (Phi) is 8.16. The van der Waals surface area contributed by atoms with Crippen LogP contribution in [0.3, 0.4) is 0 Å². The Morgan fingerprint density at radius 1 is 0.781 bits per heavy atom. The highest BCUT2D eigenvalue weighted by Gasteiger charge is 2.11. The van der Waals surface area contributed by atoms with Crippen molar-refractivity contribution < 1.29 is 19.1 Å². The van der Waals surface area contributed by atoms with Gasteiger partial charge < -0.3 is 9.47 Å². The van der Waals surface area contributed by atoms with E-state index in [-0.39, 0.29) is 11.0 Å². The number of ether oxygens (including phenoxy) is 2. The Bertz CT molecular complexity index is 1090. The Morgan fingerprint density at radius 2 is 1.44 bits per heavy atom. The molecule has 0 atom stereocenters. The number of nitrogens with one attached hydrogen (secondary N) is 3. The van der Waals surface area contributed by atoms with Crippen molar-refractivity contribution in [3.63, 3.8) is 0 Å². The molecule has 0 spiro atoms. The van der Waals surface area contributed by atoms with Crippen LogP contribution in [0.25, 0.3) is 0 Å². The second-order valence-electron chi connectivity index (χ2n) is 6.72. The Balaban J connectivity index is 1.44. The number of hydrogen-bond acceptors (Lipinski definition) is 5. The van der Waals surface area contributed by atoms with Gasteiger partial charge in [-0.15, -0.1) is 0 Å². The number of carbonyl (C=O) groups excluding carboxylic acids is 2. The molecule has 0 unspecified atom stereocenters. The first-order valence-corrected chi connectivity index (χ1v) is 10.3. The third kappa shape index (κ3) is 6.82. The van der Waals surface area contributed by atoms with Crippen LogP contribution in [0.1, 0.15) is 26.3 Å². The number of benzene rings is 3. The summed E-state index contributed by atoms with van der Waals surface area (Å²) >= 11 is 5.09. The summed E-state index contributed by atoms with van der Waals surface area (Å²) in [6.07, 6.45) is 0. The maximum Gasteiger partial charge on any atom is 0.269 e. The highest BCUT2D eigenvalue weighted by molar-refractivity contribution is 7.80. The number of aryl methyl sites for hydroxylation is 1. The predicted octanol–water partition coefficient (Wildman–Crippen LogP) is 3.40. The van der Waals surface area contributed by atoms with E-state index in [4.69, 9.17) is 21.7 Å². The van der Waals surface area contributed by atoms with Crippen molar-refractivity contribution in [2.24, 2.45) is 0 Å². The van der Waals surface area contributed by atoms with E-state index in [2.05, 4.69) is 16.2 Å². The van der Waals surface area contributed by atoms with E-state index in [0.29, 0.717) is 30.1 Å². The molecule has 0 aliphatic rings. The van der Waals surface area contributed by atoms with E-state index in [9.17, 15) is 9.59 Å². The number of hydrogen-bond donors (Lipinski definition) is 3. The SMILES string of the molecule is Cc1ccccc1C(=O)NNC(=S)NC(=O)c1cccc(OCCOc2ccccc2)c1. The average Bonchev–Trinajstić information content (AvgIpc) is 2.81. The predicted molar refractivity (Wildman–Crippen MR) is 126 cm³/mol. The summed E-state index contributed by atoms with van der Waals surface area (Å²) in [7, 11) is 0. The van der Waals surface area contributed by atoms with Gasteiger partial charge in [-0.1, -0.05) is 42.5 Å². The largest absolute Gasteiger partial charge is 0.490 e. The first-order chi connectivity index (χ1) is 15.5. The normalized spacial score (nSPS) is 10.0. The fraction of sp³-hybridized carbons (Fsp3) is 0.125. The average molecular weight is 450 g/mol. The maximum absolute atomic E-state index is 12.5. The lowest BCUT2D eigenvalue weighted by Gasteiger charge is -2.12. The molecular formula is C24H23N3O4S. The van der Waals surface area contributed by atoms with Gasteiger partial charge in [-0.2, -0.15) is 0 Å². The molecule has 32 heavy (non-hydrogen) atoms. The van der Waals surface area contributed by atoms with E-state index in [1.165, 1.54) is 0 Å². The molecule has 0 aromatic heterocycles. The lowest BCUT2D eigenvalue weighted by atomic mass is 10.1. The van der Waals surface area contributed by atoms with E-state index < -0.39 is 5.91 Å². The summed E-state index contributed by atoms with van der Waals surface area (Å²) in [5.74, 6) is 0.507. The molecule has 7 nitrogen and oxygen atoms in total. The van der Waals surface area contributed by atoms with Crippen LogP contribution in [0.2, 0.25) is 0 Å². The van der Waals surface area contributed by atoms with Gasteiger partial charge in [0.25, 0.3) is 11.8 Å². The molecule has 0 fully saturated rings. The number of hydrazine groups is 1. The summed E-state index contributed by atoms with van der Waals surface area (Å²) in [6.45, 7) is 2.53. The lowest BCUT2D eigenvalue weighted by Crippen LogP contribution is -2.48. The maximum atomic E-state index is 12.5. The molecule has 0 saturated carbocycles. The monoisotopic (exact) mass is 449 g/mol. The van der Waals surface area contributed by atoms with Crippen LogP contribution in [0.4, 0.5) is 0 Å². The van der Waals surface area contributed by atoms with E-state index in [1.54, 1.807) is 36.4 Å². The van der Waals surface area contributed by atoms with E-state index >= 15 is 0 Å². The van der Waals surface area contributed by atoms with Gasteiger partial charge in [0.1, 0.15) is 24.7 Å². The summed E-state index contributed by atoms with van der Waals surface area (Å²) in [5, 5.41) is 2.49. The molecule has 0 bridgehead atoms. The number of thiocarbonyl (C=S) groups is 1. The van der Waals surface area contributed by atoms with Gasteiger partial charge in [0.05, 0.1) is 0 Å². The van der Waals surface area contributed by atoms with Crippen molar-refractivity contribution >= 4 is 29.1 Å².